The number of likely N-dealkylation sites (N-methyl/N-ethyl adjacent to an activating group) is 1. The fourth-order valence-electron chi connectivity index (χ4n) is 3.01. The number of hydrogen-bond donors (Lipinski definition) is 2. The fourth-order valence-corrected chi connectivity index (χ4v) is 3.17. The second-order valence-electron chi connectivity index (χ2n) is 5.80. The summed E-state index contributed by atoms with van der Waals surface area (Å²) in [6.45, 7) is 1.41. The first-order valence-corrected chi connectivity index (χ1v) is 7.42. The van der Waals surface area contributed by atoms with Crippen molar-refractivity contribution in [2.45, 2.75) is 43.7 Å². The number of ketones is 1. The third-order valence-corrected chi connectivity index (χ3v) is 4.48. The predicted molar refractivity (Wildman–Crippen MR) is 85.6 cm³/mol. The molecular weight excluding hydrogens is 370 g/mol. The first-order valence-electron chi connectivity index (χ1n) is 7.04. The molecule has 4 nitrogen and oxygen atoms in total. The van der Waals surface area contributed by atoms with E-state index in [4.69, 9.17) is 11.6 Å². The van der Waals surface area contributed by atoms with E-state index in [0.29, 0.717) is 19.3 Å². The lowest BCUT2D eigenvalue weighted by atomic mass is 9.69. The van der Waals surface area contributed by atoms with Gasteiger partial charge in [0.2, 0.25) is 0 Å². The zero-order valence-corrected chi connectivity index (χ0v) is 14.6. The minimum absolute atomic E-state index is 0. The number of benzene rings is 1. The van der Waals surface area contributed by atoms with Crippen molar-refractivity contribution in [1.82, 2.24) is 5.32 Å². The van der Waals surface area contributed by atoms with Crippen molar-refractivity contribution < 1.29 is 27.8 Å². The second-order valence-corrected chi connectivity index (χ2v) is 6.21. The lowest BCUT2D eigenvalue weighted by Gasteiger charge is -2.42. The van der Waals surface area contributed by atoms with Gasteiger partial charge in [-0.25, -0.2) is 0 Å². The molecule has 0 aromatic heterocycles. The lowest BCUT2D eigenvalue weighted by Crippen LogP contribution is -2.59. The van der Waals surface area contributed by atoms with Gasteiger partial charge in [0.15, 0.2) is 5.78 Å². The molecule has 1 aromatic rings. The number of carbonyl (C=O) groups excluding carboxylic acids is 1. The van der Waals surface area contributed by atoms with E-state index >= 15 is 0 Å². The summed E-state index contributed by atoms with van der Waals surface area (Å²) in [5, 5.41) is 12.9. The molecule has 2 atom stereocenters. The Labute approximate surface area is 148 Å². The van der Waals surface area contributed by atoms with Crippen molar-refractivity contribution in [3.8, 4) is 5.75 Å². The molecule has 24 heavy (non-hydrogen) atoms. The van der Waals surface area contributed by atoms with Crippen molar-refractivity contribution in [2.75, 3.05) is 7.05 Å². The van der Waals surface area contributed by atoms with Gasteiger partial charge in [-0.05, 0) is 50.9 Å². The van der Waals surface area contributed by atoms with Crippen molar-refractivity contribution >= 4 is 29.8 Å². The Morgan fingerprint density at radius 2 is 1.96 bits per heavy atom. The Morgan fingerprint density at radius 3 is 2.50 bits per heavy atom. The Kier molecular flexibility index (Phi) is 6.20. The number of rotatable bonds is 3. The molecular formula is C15H18Cl2F3NO3. The molecule has 2 N–H and O–H groups in total. The molecule has 1 saturated carbocycles. The molecule has 1 aliphatic rings. The van der Waals surface area contributed by atoms with E-state index in [0.717, 1.165) is 6.07 Å². The van der Waals surface area contributed by atoms with Gasteiger partial charge in [-0.2, -0.15) is 0 Å². The Bertz CT molecular complexity index is 622. The van der Waals surface area contributed by atoms with Gasteiger partial charge < -0.3 is 15.2 Å². The average molecular weight is 388 g/mol. The summed E-state index contributed by atoms with van der Waals surface area (Å²) in [5.74, 6) is -1.07. The first kappa shape index (κ1) is 21.0. The molecule has 0 saturated heterocycles. The number of nitrogens with one attached hydrogen (secondary N) is 1. The van der Waals surface area contributed by atoms with Crippen LogP contribution in [-0.4, -0.2) is 29.9 Å². The van der Waals surface area contributed by atoms with E-state index in [9.17, 15) is 23.1 Å². The van der Waals surface area contributed by atoms with Crippen LogP contribution in [0.5, 0.6) is 5.75 Å². The maximum Gasteiger partial charge on any atom is 0.573 e. The van der Waals surface area contributed by atoms with Crippen LogP contribution in [-0.2, 0) is 10.3 Å². The highest BCUT2D eigenvalue weighted by Crippen LogP contribution is 2.41. The zero-order chi connectivity index (χ0) is 17.5. The van der Waals surface area contributed by atoms with Crippen LogP contribution in [0.15, 0.2) is 18.2 Å². The standard InChI is InChI=1S/C15H17ClF3NO3.ClH/c1-13(22)6-3-7-14(20-2,12(13)21)9-4-5-10(16)11(8-9)23-15(17,18)19;/h4-5,8,20,22H,3,6-7H2,1-2H3;1H/t13-,14+;/m0./s1. The van der Waals surface area contributed by atoms with E-state index in [1.54, 1.807) is 0 Å². The Balaban J connectivity index is 0.00000288. The lowest BCUT2D eigenvalue weighted by molar-refractivity contribution is -0.274. The summed E-state index contributed by atoms with van der Waals surface area (Å²) >= 11 is 5.74. The van der Waals surface area contributed by atoms with E-state index < -0.39 is 29.0 Å². The van der Waals surface area contributed by atoms with Gasteiger partial charge in [0.05, 0.1) is 5.02 Å². The maximum absolute atomic E-state index is 12.7. The number of Topliss-reactive ketones (excluding diaryl/α,β-unsaturated/α-hetero) is 1. The van der Waals surface area contributed by atoms with E-state index in [-0.39, 0.29) is 23.0 Å². The number of alkyl halides is 3. The minimum Gasteiger partial charge on any atom is -0.404 e. The minimum atomic E-state index is -4.89. The van der Waals surface area contributed by atoms with Gasteiger partial charge in [-0.1, -0.05) is 17.7 Å². The molecule has 1 aliphatic carbocycles. The summed E-state index contributed by atoms with van der Waals surface area (Å²) in [6.07, 6.45) is -3.70. The van der Waals surface area contributed by atoms with Crippen LogP contribution in [0, 0.1) is 0 Å². The zero-order valence-electron chi connectivity index (χ0n) is 13.0. The summed E-state index contributed by atoms with van der Waals surface area (Å²) in [4.78, 5) is 12.7. The van der Waals surface area contributed by atoms with Crippen molar-refractivity contribution in [1.29, 1.82) is 0 Å². The normalized spacial score (nSPS) is 27.5. The second kappa shape index (κ2) is 7.07. The fraction of sp³-hybridized carbons (Fsp3) is 0.533. The summed E-state index contributed by atoms with van der Waals surface area (Å²) < 4.78 is 41.3. The maximum atomic E-state index is 12.7. The smallest absolute Gasteiger partial charge is 0.404 e. The molecule has 0 heterocycles. The van der Waals surface area contributed by atoms with Crippen LogP contribution in [0.4, 0.5) is 13.2 Å². The SMILES string of the molecule is CN[C@@]1(c2ccc(Cl)c(OC(F)(F)F)c2)CCC[C@](C)(O)C1=O.Cl. The Morgan fingerprint density at radius 1 is 1.33 bits per heavy atom. The summed E-state index contributed by atoms with van der Waals surface area (Å²) in [7, 11) is 1.53. The number of halogens is 5. The van der Waals surface area contributed by atoms with Gasteiger partial charge in [-0.3, -0.25) is 4.79 Å². The van der Waals surface area contributed by atoms with E-state index in [2.05, 4.69) is 10.1 Å². The molecule has 9 heteroatoms. The van der Waals surface area contributed by atoms with Crippen LogP contribution in [0.1, 0.15) is 31.7 Å². The summed E-state index contributed by atoms with van der Waals surface area (Å²) in [5.41, 5.74) is -2.56. The number of ether oxygens (including phenoxy) is 1. The molecule has 1 aromatic carbocycles. The molecule has 2 rings (SSSR count). The Hall–Kier alpha value is -1.02. The highest BCUT2D eigenvalue weighted by Gasteiger charge is 2.50. The molecule has 0 amide bonds. The molecule has 0 aliphatic heterocycles. The van der Waals surface area contributed by atoms with Crippen LogP contribution >= 0.6 is 24.0 Å². The third kappa shape index (κ3) is 3.96. The van der Waals surface area contributed by atoms with Gasteiger partial charge >= 0.3 is 6.36 Å². The molecule has 1 fully saturated rings. The van der Waals surface area contributed by atoms with E-state index in [1.165, 1.54) is 26.1 Å². The van der Waals surface area contributed by atoms with Gasteiger partial charge in [0.25, 0.3) is 0 Å². The highest BCUT2D eigenvalue weighted by atomic mass is 35.5. The largest absolute Gasteiger partial charge is 0.573 e. The van der Waals surface area contributed by atoms with Crippen LogP contribution in [0.25, 0.3) is 0 Å². The highest BCUT2D eigenvalue weighted by molar-refractivity contribution is 6.32. The summed E-state index contributed by atoms with van der Waals surface area (Å²) in [6, 6.07) is 3.79. The first-order chi connectivity index (χ1) is 10.5. The molecule has 0 radical (unpaired) electrons. The quantitative estimate of drug-likeness (QED) is 0.831. The van der Waals surface area contributed by atoms with Gasteiger partial charge in [0, 0.05) is 0 Å². The number of carbonyl (C=O) groups is 1. The van der Waals surface area contributed by atoms with Crippen LogP contribution < -0.4 is 10.1 Å². The third-order valence-electron chi connectivity index (χ3n) is 4.17. The molecule has 0 spiro atoms. The number of hydrogen-bond acceptors (Lipinski definition) is 4. The van der Waals surface area contributed by atoms with E-state index in [1.807, 2.05) is 0 Å². The predicted octanol–water partition coefficient (Wildman–Crippen LogP) is 3.58. The average Bonchev–Trinajstić information content (AvgIpc) is 2.43. The molecule has 0 unspecified atom stereocenters. The topological polar surface area (TPSA) is 58.6 Å². The van der Waals surface area contributed by atoms with Crippen molar-refractivity contribution in [2.24, 2.45) is 0 Å². The van der Waals surface area contributed by atoms with Crippen LogP contribution in [0.3, 0.4) is 0 Å². The van der Waals surface area contributed by atoms with Gasteiger partial charge in [0.1, 0.15) is 16.9 Å². The van der Waals surface area contributed by atoms with Crippen molar-refractivity contribution in [3.63, 3.8) is 0 Å². The van der Waals surface area contributed by atoms with Gasteiger partial charge in [-0.15, -0.1) is 25.6 Å². The monoisotopic (exact) mass is 387 g/mol. The number of aliphatic hydroxyl groups is 1. The van der Waals surface area contributed by atoms with Crippen molar-refractivity contribution in [3.05, 3.63) is 28.8 Å². The molecule has 136 valence electrons. The molecule has 0 bridgehead atoms. The van der Waals surface area contributed by atoms with Crippen LogP contribution in [0.2, 0.25) is 5.02 Å².